The second-order valence-electron chi connectivity index (χ2n) is 10.0. The molecule has 1 aliphatic carbocycles. The molecule has 0 bridgehead atoms. The number of hydrogen-bond acceptors (Lipinski definition) is 5. The average Bonchev–Trinajstić information content (AvgIpc) is 2.87. The number of benzene rings is 1. The summed E-state index contributed by atoms with van der Waals surface area (Å²) in [5.74, 6) is -1.18. The number of amides is 3. The second kappa shape index (κ2) is 14.2. The smallest absolute Gasteiger partial charge is 0.313 e. The molecule has 3 rings (SSSR count). The molecule has 0 radical (unpaired) electrons. The van der Waals surface area contributed by atoms with Gasteiger partial charge in [-0.1, -0.05) is 30.9 Å². The quantitative estimate of drug-likeness (QED) is 0.134. The number of nitrogens with one attached hydrogen (secondary N) is 3. The van der Waals surface area contributed by atoms with Gasteiger partial charge in [0.1, 0.15) is 0 Å². The van der Waals surface area contributed by atoms with Gasteiger partial charge in [-0.05, 0) is 62.8 Å². The van der Waals surface area contributed by atoms with E-state index in [9.17, 15) is 14.4 Å². The van der Waals surface area contributed by atoms with Crippen LogP contribution >= 0.6 is 11.6 Å². The molecule has 7 N–H and O–H groups in total. The van der Waals surface area contributed by atoms with Gasteiger partial charge in [0.25, 0.3) is 0 Å². The van der Waals surface area contributed by atoms with E-state index in [2.05, 4.69) is 25.8 Å². The number of nitrogens with zero attached hydrogens (tertiary/aromatic N) is 2. The van der Waals surface area contributed by atoms with Gasteiger partial charge >= 0.3 is 11.8 Å². The van der Waals surface area contributed by atoms with Crippen molar-refractivity contribution in [2.24, 2.45) is 16.5 Å². The normalized spacial score (nSPS) is 19.1. The molecule has 1 atom stereocenters. The maximum Gasteiger partial charge on any atom is 0.313 e. The minimum absolute atomic E-state index is 0.00795. The third-order valence-electron chi connectivity index (χ3n) is 7.28. The van der Waals surface area contributed by atoms with Crippen LogP contribution in [-0.2, 0) is 14.4 Å². The number of piperidine rings is 1. The summed E-state index contributed by atoms with van der Waals surface area (Å²) in [6.07, 6.45) is 9.18. The fourth-order valence-corrected chi connectivity index (χ4v) is 5.56. The number of hydrogen-bond donors (Lipinski definition) is 5. The van der Waals surface area contributed by atoms with E-state index in [-0.39, 0.29) is 23.4 Å². The van der Waals surface area contributed by atoms with Gasteiger partial charge < -0.3 is 27.4 Å². The van der Waals surface area contributed by atoms with E-state index in [0.717, 1.165) is 64.5 Å². The van der Waals surface area contributed by atoms with E-state index in [0.29, 0.717) is 30.2 Å². The van der Waals surface area contributed by atoms with Gasteiger partial charge in [0, 0.05) is 54.9 Å². The molecular weight excluding hydrogens is 494 g/mol. The maximum absolute atomic E-state index is 12.6. The van der Waals surface area contributed by atoms with Crippen molar-refractivity contribution in [1.29, 1.82) is 0 Å². The van der Waals surface area contributed by atoms with Gasteiger partial charge in [-0.3, -0.25) is 24.3 Å². The Morgan fingerprint density at radius 1 is 1.05 bits per heavy atom. The summed E-state index contributed by atoms with van der Waals surface area (Å²) >= 11 is 5.88. The molecule has 1 aromatic rings. The SMILES string of the molecule is NC(N)=NCCCCC(=O)NCCN1CCC(NC(=O)C(=O)Nc2ccc(Cl)cc2)CC12CCCCC2. The summed E-state index contributed by atoms with van der Waals surface area (Å²) < 4.78 is 0. The maximum atomic E-state index is 12.6. The minimum Gasteiger partial charge on any atom is -0.370 e. The minimum atomic E-state index is -0.677. The Morgan fingerprint density at radius 2 is 1.78 bits per heavy atom. The van der Waals surface area contributed by atoms with Crippen molar-refractivity contribution in [3.63, 3.8) is 0 Å². The van der Waals surface area contributed by atoms with E-state index in [1.165, 1.54) is 6.42 Å². The van der Waals surface area contributed by atoms with Crippen LogP contribution in [0.15, 0.2) is 29.3 Å². The second-order valence-corrected chi connectivity index (χ2v) is 10.4. The number of rotatable bonds is 10. The zero-order valence-corrected chi connectivity index (χ0v) is 22.2. The first-order chi connectivity index (χ1) is 17.8. The fraction of sp³-hybridized carbons (Fsp3) is 0.615. The molecule has 1 aromatic carbocycles. The number of carbonyl (C=O) groups is 3. The average molecular weight is 534 g/mol. The summed E-state index contributed by atoms with van der Waals surface area (Å²) in [4.78, 5) is 43.7. The van der Waals surface area contributed by atoms with E-state index >= 15 is 0 Å². The van der Waals surface area contributed by atoms with E-state index in [1.54, 1.807) is 24.3 Å². The highest BCUT2D eigenvalue weighted by Crippen LogP contribution is 2.40. The van der Waals surface area contributed by atoms with Gasteiger partial charge in [0.2, 0.25) is 5.91 Å². The Morgan fingerprint density at radius 3 is 2.49 bits per heavy atom. The topological polar surface area (TPSA) is 155 Å². The van der Waals surface area contributed by atoms with Crippen molar-refractivity contribution in [2.75, 3.05) is 31.5 Å². The number of anilines is 1. The molecule has 204 valence electrons. The first-order valence-electron chi connectivity index (χ1n) is 13.2. The van der Waals surface area contributed by atoms with Crippen LogP contribution in [0.4, 0.5) is 5.69 Å². The molecule has 0 aromatic heterocycles. The summed E-state index contributed by atoms with van der Waals surface area (Å²) in [6, 6.07) is 6.59. The lowest BCUT2D eigenvalue weighted by molar-refractivity contribution is -0.137. The van der Waals surface area contributed by atoms with Gasteiger partial charge in [0.15, 0.2) is 5.96 Å². The predicted octanol–water partition coefficient (Wildman–Crippen LogP) is 2.12. The van der Waals surface area contributed by atoms with Crippen LogP contribution in [0.3, 0.4) is 0 Å². The van der Waals surface area contributed by atoms with E-state index in [1.807, 2.05) is 0 Å². The van der Waals surface area contributed by atoms with Crippen LogP contribution < -0.4 is 27.4 Å². The van der Waals surface area contributed by atoms with Crippen molar-refractivity contribution >= 4 is 41.0 Å². The third kappa shape index (κ3) is 9.19. The molecule has 1 spiro atoms. The van der Waals surface area contributed by atoms with Crippen LogP contribution in [0.5, 0.6) is 0 Å². The Bertz CT molecular complexity index is 944. The van der Waals surface area contributed by atoms with Gasteiger partial charge in [-0.15, -0.1) is 0 Å². The molecule has 10 nitrogen and oxygen atoms in total. The number of carbonyl (C=O) groups excluding carboxylic acids is 3. The molecule has 2 fully saturated rings. The third-order valence-corrected chi connectivity index (χ3v) is 7.53. The number of halogens is 1. The summed E-state index contributed by atoms with van der Waals surface area (Å²) in [7, 11) is 0. The van der Waals surface area contributed by atoms with Crippen molar-refractivity contribution in [3.05, 3.63) is 29.3 Å². The Hall–Kier alpha value is -2.85. The van der Waals surface area contributed by atoms with Crippen molar-refractivity contribution in [3.8, 4) is 0 Å². The van der Waals surface area contributed by atoms with Crippen molar-refractivity contribution < 1.29 is 14.4 Å². The molecule has 2 aliphatic rings. The molecule has 3 amide bonds. The zero-order valence-electron chi connectivity index (χ0n) is 21.4. The molecule has 1 heterocycles. The standard InChI is InChI=1S/C26H40ClN7O3/c27-19-7-9-20(10-8-19)32-23(36)24(37)33-21-11-16-34(26(18-21)12-3-1-4-13-26)17-15-30-22(35)6-2-5-14-31-25(28)29/h7-10,21H,1-6,11-18H2,(H,30,35)(H,32,36)(H,33,37)(H4,28,29,31). The van der Waals surface area contributed by atoms with Crippen molar-refractivity contribution in [2.45, 2.75) is 75.8 Å². The monoisotopic (exact) mass is 533 g/mol. The fourth-order valence-electron chi connectivity index (χ4n) is 5.44. The summed E-state index contributed by atoms with van der Waals surface area (Å²) in [5, 5.41) is 9.19. The Kier molecular flexibility index (Phi) is 11.0. The highest BCUT2D eigenvalue weighted by Gasteiger charge is 2.43. The molecular formula is C26H40ClN7O3. The van der Waals surface area contributed by atoms with Crippen molar-refractivity contribution in [1.82, 2.24) is 15.5 Å². The van der Waals surface area contributed by atoms with Crippen LogP contribution in [0.2, 0.25) is 5.02 Å². The zero-order chi connectivity index (χ0) is 26.7. The predicted molar refractivity (Wildman–Crippen MR) is 146 cm³/mol. The van der Waals surface area contributed by atoms with Crippen LogP contribution in [0.1, 0.15) is 64.2 Å². The van der Waals surface area contributed by atoms with Gasteiger partial charge in [0.05, 0.1) is 0 Å². The van der Waals surface area contributed by atoms with Crippen LogP contribution in [0, 0.1) is 0 Å². The molecule has 1 saturated carbocycles. The lowest BCUT2D eigenvalue weighted by Crippen LogP contribution is -2.60. The van der Waals surface area contributed by atoms with E-state index < -0.39 is 11.8 Å². The molecule has 1 saturated heterocycles. The van der Waals surface area contributed by atoms with E-state index in [4.69, 9.17) is 23.1 Å². The lowest BCUT2D eigenvalue weighted by atomic mass is 9.73. The van der Waals surface area contributed by atoms with Gasteiger partial charge in [-0.2, -0.15) is 0 Å². The highest BCUT2D eigenvalue weighted by atomic mass is 35.5. The largest absolute Gasteiger partial charge is 0.370 e. The van der Waals surface area contributed by atoms with Gasteiger partial charge in [-0.25, -0.2) is 0 Å². The number of nitrogens with two attached hydrogens (primary N) is 2. The van der Waals surface area contributed by atoms with Crippen LogP contribution in [0.25, 0.3) is 0 Å². The first kappa shape index (κ1) is 28.7. The summed E-state index contributed by atoms with van der Waals surface area (Å²) in [6.45, 7) is 2.72. The Balaban J connectivity index is 1.46. The first-order valence-corrected chi connectivity index (χ1v) is 13.6. The number of aliphatic imine (C=N–C) groups is 1. The summed E-state index contributed by atoms with van der Waals surface area (Å²) in [5.41, 5.74) is 11.1. The number of guanidine groups is 1. The van der Waals surface area contributed by atoms with Crippen LogP contribution in [-0.4, -0.2) is 66.3 Å². The molecule has 11 heteroatoms. The highest BCUT2D eigenvalue weighted by molar-refractivity contribution is 6.39. The molecule has 1 unspecified atom stereocenters. The number of likely N-dealkylation sites (tertiary alicyclic amines) is 1. The molecule has 37 heavy (non-hydrogen) atoms. The Labute approximate surface area is 223 Å². The molecule has 1 aliphatic heterocycles. The number of unbranched alkanes of at least 4 members (excludes halogenated alkanes) is 1. The lowest BCUT2D eigenvalue weighted by Gasteiger charge is -2.52.